The van der Waals surface area contributed by atoms with E-state index in [1.165, 1.54) is 25.4 Å². The lowest BCUT2D eigenvalue weighted by molar-refractivity contribution is -0.143. The van der Waals surface area contributed by atoms with Crippen molar-refractivity contribution in [3.8, 4) is 11.6 Å². The monoisotopic (exact) mass is 667 g/mol. The lowest BCUT2D eigenvalue weighted by atomic mass is 9.93. The second-order valence-electron chi connectivity index (χ2n) is 12.3. The number of ether oxygens (including phenoxy) is 1. The number of carboxylic acid groups (broad SMARTS) is 2. The van der Waals surface area contributed by atoms with Crippen LogP contribution in [0.1, 0.15) is 62.4 Å². The van der Waals surface area contributed by atoms with Crippen LogP contribution in [0, 0.1) is 0 Å². The molecule has 5 amide bonds. The van der Waals surface area contributed by atoms with Gasteiger partial charge in [0.15, 0.2) is 11.8 Å². The number of carbonyl (C=O) groups excluding carboxylic acids is 4. The van der Waals surface area contributed by atoms with Gasteiger partial charge in [-0.3, -0.25) is 24.0 Å². The van der Waals surface area contributed by atoms with E-state index in [-0.39, 0.29) is 62.0 Å². The molecule has 5 rings (SSSR count). The Kier molecular flexibility index (Phi) is 10.8. The summed E-state index contributed by atoms with van der Waals surface area (Å²) < 4.78 is 7.44. The second kappa shape index (κ2) is 15.2. The van der Waals surface area contributed by atoms with Gasteiger partial charge >= 0.3 is 12.1 Å². The number of nitrogens with one attached hydrogen (secondary N) is 2. The van der Waals surface area contributed by atoms with Crippen LogP contribution < -0.4 is 15.4 Å². The molecule has 3 atom stereocenters. The third kappa shape index (κ3) is 8.04. The van der Waals surface area contributed by atoms with Crippen molar-refractivity contribution in [3.05, 3.63) is 42.1 Å². The highest BCUT2D eigenvalue weighted by Crippen LogP contribution is 2.25. The van der Waals surface area contributed by atoms with Crippen LogP contribution in [0.25, 0.3) is 5.69 Å². The number of rotatable bonds is 12. The molecule has 16 heteroatoms. The molecule has 0 unspecified atom stereocenters. The third-order valence-electron chi connectivity index (χ3n) is 8.96. The third-order valence-corrected chi connectivity index (χ3v) is 8.96. The number of piperazine rings is 1. The molecule has 3 heterocycles. The first-order valence-electron chi connectivity index (χ1n) is 16.2. The summed E-state index contributed by atoms with van der Waals surface area (Å²) in [6, 6.07) is 8.45. The molecule has 0 radical (unpaired) electrons. The molecule has 1 saturated carbocycles. The minimum atomic E-state index is -1.21. The molecule has 0 spiro atoms. The minimum Gasteiger partial charge on any atom is -0.481 e. The fourth-order valence-electron chi connectivity index (χ4n) is 6.03. The Labute approximate surface area is 277 Å². The van der Waals surface area contributed by atoms with Gasteiger partial charge in [0.1, 0.15) is 12.1 Å². The molecule has 2 aliphatic heterocycles. The van der Waals surface area contributed by atoms with Crippen LogP contribution in [0.3, 0.4) is 0 Å². The van der Waals surface area contributed by atoms with Crippen molar-refractivity contribution >= 4 is 35.7 Å². The van der Waals surface area contributed by atoms with Crippen molar-refractivity contribution in [2.45, 2.75) is 76.1 Å². The number of aliphatic carboxylic acids is 1. The highest BCUT2D eigenvalue weighted by Gasteiger charge is 2.38. The van der Waals surface area contributed by atoms with Gasteiger partial charge in [-0.1, -0.05) is 18.2 Å². The van der Waals surface area contributed by atoms with Gasteiger partial charge in [-0.2, -0.15) is 5.10 Å². The quantitative estimate of drug-likeness (QED) is 0.254. The normalized spacial score (nSPS) is 19.2. The fourth-order valence-corrected chi connectivity index (χ4v) is 6.03. The van der Waals surface area contributed by atoms with Gasteiger partial charge in [0, 0.05) is 51.3 Å². The summed E-state index contributed by atoms with van der Waals surface area (Å²) >= 11 is 0. The molecule has 4 N–H and O–H groups in total. The molecule has 16 nitrogen and oxygen atoms in total. The first kappa shape index (κ1) is 34.2. The molecule has 1 aliphatic carbocycles. The van der Waals surface area contributed by atoms with Crippen LogP contribution in [0.5, 0.6) is 5.88 Å². The van der Waals surface area contributed by atoms with Gasteiger partial charge in [-0.15, -0.1) is 0 Å². The molecule has 2 aromatic rings. The molecular formula is C32H41N7O9. The number of carboxylic acids is 1. The van der Waals surface area contributed by atoms with E-state index in [0.29, 0.717) is 25.1 Å². The topological polar surface area (TPSA) is 204 Å². The molecule has 3 aliphatic rings. The Hall–Kier alpha value is -5.15. The van der Waals surface area contributed by atoms with Crippen LogP contribution in [0.4, 0.5) is 4.79 Å². The van der Waals surface area contributed by atoms with E-state index < -0.39 is 48.5 Å². The largest absolute Gasteiger partial charge is 0.481 e. The summed E-state index contributed by atoms with van der Waals surface area (Å²) in [5.74, 6) is -2.93. The SMILES string of the molecule is C[C@H](Oc1cc(C(=O)N[C@@H](CCC(=O)O)C(=O)N2CCN(C(=O)O)CC2)nn1-c1ccccc1)C(=O)N1CCC[C@H]1C(=O)NC1CCC1. The average molecular weight is 668 g/mol. The Balaban J connectivity index is 1.32. The van der Waals surface area contributed by atoms with Gasteiger partial charge in [0.2, 0.25) is 17.7 Å². The first-order valence-corrected chi connectivity index (χ1v) is 16.2. The Morgan fingerprint density at radius 3 is 2.23 bits per heavy atom. The molecule has 258 valence electrons. The summed E-state index contributed by atoms with van der Waals surface area (Å²) in [6.45, 7) is 2.34. The maximum Gasteiger partial charge on any atom is 0.407 e. The van der Waals surface area contributed by atoms with E-state index in [1.807, 2.05) is 0 Å². The number of aromatic nitrogens is 2. The standard InChI is InChI=1S/C32H41N7O9/c1-20(30(44)38-14-6-11-25(38)29(43)33-21-7-5-8-21)48-26-19-24(35-39(26)22-9-3-2-4-10-22)28(42)34-23(12-13-27(40)41)31(45)36-15-17-37(18-16-36)32(46)47/h2-4,9-10,19-21,23,25H,5-8,11-18H2,1H3,(H,33,43)(H,34,42)(H,40,41)(H,46,47)/t20-,23-,25-/m0/s1. The van der Waals surface area contributed by atoms with Crippen molar-refractivity contribution in [1.82, 2.24) is 35.1 Å². The number of amides is 5. The molecule has 3 fully saturated rings. The Bertz CT molecular complexity index is 1520. The number of nitrogens with zero attached hydrogens (tertiary/aromatic N) is 5. The number of carbonyl (C=O) groups is 6. The fraction of sp³-hybridized carbons (Fsp3) is 0.531. The first-order chi connectivity index (χ1) is 23.0. The summed E-state index contributed by atoms with van der Waals surface area (Å²) in [6.07, 6.45) is 1.45. The molecule has 1 aromatic heterocycles. The van der Waals surface area contributed by atoms with E-state index in [1.54, 1.807) is 37.3 Å². The van der Waals surface area contributed by atoms with E-state index in [0.717, 1.165) is 19.3 Å². The molecule has 48 heavy (non-hydrogen) atoms. The van der Waals surface area contributed by atoms with Crippen LogP contribution >= 0.6 is 0 Å². The number of hydrogen-bond donors (Lipinski definition) is 4. The smallest absolute Gasteiger partial charge is 0.407 e. The maximum atomic E-state index is 13.6. The van der Waals surface area contributed by atoms with Gasteiger partial charge in [-0.25, -0.2) is 9.48 Å². The van der Waals surface area contributed by atoms with E-state index in [4.69, 9.17) is 4.74 Å². The van der Waals surface area contributed by atoms with Crippen LogP contribution in [-0.2, 0) is 19.2 Å². The lowest BCUT2D eigenvalue weighted by Gasteiger charge is -2.35. The zero-order chi connectivity index (χ0) is 34.4. The van der Waals surface area contributed by atoms with Gasteiger partial charge in [-0.05, 0) is 57.6 Å². The van der Waals surface area contributed by atoms with Gasteiger partial charge in [0.05, 0.1) is 5.69 Å². The predicted octanol–water partition coefficient (Wildman–Crippen LogP) is 1.08. The molecular weight excluding hydrogens is 626 g/mol. The number of hydrogen-bond acceptors (Lipinski definition) is 8. The second-order valence-corrected chi connectivity index (χ2v) is 12.3. The summed E-state index contributed by atoms with van der Waals surface area (Å²) in [7, 11) is 0. The highest BCUT2D eigenvalue weighted by molar-refractivity contribution is 5.96. The van der Waals surface area contributed by atoms with Crippen molar-refractivity contribution in [3.63, 3.8) is 0 Å². The van der Waals surface area contributed by atoms with E-state index >= 15 is 0 Å². The summed E-state index contributed by atoms with van der Waals surface area (Å²) in [4.78, 5) is 80.1. The zero-order valence-corrected chi connectivity index (χ0v) is 26.7. The van der Waals surface area contributed by atoms with Crippen LogP contribution in [0.15, 0.2) is 36.4 Å². The molecule has 0 bridgehead atoms. The van der Waals surface area contributed by atoms with Gasteiger partial charge < -0.3 is 40.3 Å². The molecule has 1 aromatic carbocycles. The van der Waals surface area contributed by atoms with Crippen molar-refractivity contribution in [1.29, 1.82) is 0 Å². The zero-order valence-electron chi connectivity index (χ0n) is 26.7. The van der Waals surface area contributed by atoms with E-state index in [2.05, 4.69) is 15.7 Å². The van der Waals surface area contributed by atoms with Crippen molar-refractivity contribution in [2.24, 2.45) is 0 Å². The van der Waals surface area contributed by atoms with Crippen LogP contribution in [0.2, 0.25) is 0 Å². The average Bonchev–Trinajstić information content (AvgIpc) is 3.72. The number of likely N-dealkylation sites (tertiary alicyclic amines) is 1. The Morgan fingerprint density at radius 2 is 1.60 bits per heavy atom. The minimum absolute atomic E-state index is 0.0695. The van der Waals surface area contributed by atoms with Gasteiger partial charge in [0.25, 0.3) is 11.8 Å². The van der Waals surface area contributed by atoms with Crippen LogP contribution in [-0.4, -0.2) is 127 Å². The predicted molar refractivity (Wildman–Crippen MR) is 168 cm³/mol. The lowest BCUT2D eigenvalue weighted by Crippen LogP contribution is -2.55. The van der Waals surface area contributed by atoms with Crippen molar-refractivity contribution in [2.75, 3.05) is 32.7 Å². The van der Waals surface area contributed by atoms with Crippen molar-refractivity contribution < 1.29 is 43.7 Å². The maximum absolute atomic E-state index is 13.6. The summed E-state index contributed by atoms with van der Waals surface area (Å²) in [5, 5.41) is 28.5. The molecule has 2 saturated heterocycles. The number of benzene rings is 1. The van der Waals surface area contributed by atoms with E-state index in [9.17, 15) is 39.0 Å². The Morgan fingerprint density at radius 1 is 0.917 bits per heavy atom. The summed E-state index contributed by atoms with van der Waals surface area (Å²) in [5.41, 5.74) is 0.385. The highest BCUT2D eigenvalue weighted by atomic mass is 16.5. The number of para-hydroxylation sites is 1.